The molecule has 1 heterocycles. The van der Waals surface area contributed by atoms with Crippen molar-refractivity contribution in [3.63, 3.8) is 0 Å². The Labute approximate surface area is 190 Å². The summed E-state index contributed by atoms with van der Waals surface area (Å²) in [5, 5.41) is 5.90. The van der Waals surface area contributed by atoms with Crippen molar-refractivity contribution >= 4 is 17.6 Å². The molecule has 0 aliphatic rings. The van der Waals surface area contributed by atoms with E-state index in [1.165, 1.54) is 30.5 Å². The monoisotopic (exact) mass is 451 g/mol. The van der Waals surface area contributed by atoms with Crippen LogP contribution in [0.2, 0.25) is 0 Å². The molecule has 4 N–H and O–H groups in total. The Morgan fingerprint density at radius 3 is 2.42 bits per heavy atom. The van der Waals surface area contributed by atoms with Gasteiger partial charge in [-0.2, -0.15) is 0 Å². The highest BCUT2D eigenvalue weighted by Crippen LogP contribution is 2.29. The third-order valence-electron chi connectivity index (χ3n) is 4.87. The van der Waals surface area contributed by atoms with Gasteiger partial charge < -0.3 is 10.3 Å². The highest BCUT2D eigenvalue weighted by Gasteiger charge is 2.19. The van der Waals surface area contributed by atoms with E-state index in [0.29, 0.717) is 5.56 Å². The molecule has 0 bridgehead atoms. The van der Waals surface area contributed by atoms with E-state index in [0.717, 1.165) is 11.3 Å². The van der Waals surface area contributed by atoms with Crippen LogP contribution in [-0.2, 0) is 11.8 Å². The van der Waals surface area contributed by atoms with Crippen LogP contribution in [0.25, 0.3) is 0 Å². The van der Waals surface area contributed by atoms with E-state index >= 15 is 0 Å². The number of para-hydroxylation sites is 1. The van der Waals surface area contributed by atoms with Gasteiger partial charge in [-0.25, -0.2) is 9.18 Å². The zero-order chi connectivity index (χ0) is 24.0. The number of aromatic amines is 2. The average molecular weight is 452 g/mol. The lowest BCUT2D eigenvalue weighted by Gasteiger charge is -2.24. The van der Waals surface area contributed by atoms with Gasteiger partial charge in [0.2, 0.25) is 5.96 Å². The Morgan fingerprint density at radius 1 is 1.06 bits per heavy atom. The molecule has 1 aromatic heterocycles. The predicted molar refractivity (Wildman–Crippen MR) is 126 cm³/mol. The Morgan fingerprint density at radius 2 is 1.76 bits per heavy atom. The molecule has 0 spiro atoms. The number of hydrogen-bond acceptors (Lipinski definition) is 4. The van der Waals surface area contributed by atoms with E-state index < -0.39 is 23.0 Å². The summed E-state index contributed by atoms with van der Waals surface area (Å²) in [4.78, 5) is 44.9. The molecule has 0 saturated carbocycles. The van der Waals surface area contributed by atoms with E-state index in [1.54, 1.807) is 0 Å². The number of aromatic nitrogens is 2. The summed E-state index contributed by atoms with van der Waals surface area (Å²) in [6.07, 6.45) is 1.58. The molecular weight excluding hydrogens is 425 g/mol. The number of H-pyrrole nitrogens is 2. The average Bonchev–Trinajstić information content (AvgIpc) is 2.75. The molecule has 172 valence electrons. The quantitative estimate of drug-likeness (QED) is 0.352. The first kappa shape index (κ1) is 23.6. The lowest BCUT2D eigenvalue weighted by Crippen LogP contribution is -2.37. The van der Waals surface area contributed by atoms with Crippen LogP contribution >= 0.6 is 0 Å². The second kappa shape index (κ2) is 10.1. The number of anilines is 1. The molecule has 0 fully saturated rings. The molecule has 0 atom stereocenters. The SMILES string of the molecule is CC(C)(C)c1ccccc1NC(=NCCc1c[nH]c(=O)[nH]c1=O)NC(=O)c1ccc(F)cc1. The maximum absolute atomic E-state index is 13.2. The molecule has 33 heavy (non-hydrogen) atoms. The van der Waals surface area contributed by atoms with Crippen LogP contribution in [0.5, 0.6) is 0 Å². The molecule has 3 rings (SSSR count). The summed E-state index contributed by atoms with van der Waals surface area (Å²) in [7, 11) is 0. The van der Waals surface area contributed by atoms with Gasteiger partial charge >= 0.3 is 5.69 Å². The largest absolute Gasteiger partial charge is 0.326 e. The Balaban J connectivity index is 1.86. The van der Waals surface area contributed by atoms with Gasteiger partial charge in [-0.1, -0.05) is 39.0 Å². The minimum atomic E-state index is -0.583. The molecule has 0 saturated heterocycles. The number of guanidine groups is 1. The summed E-state index contributed by atoms with van der Waals surface area (Å²) in [5.41, 5.74) is 1.18. The maximum Gasteiger partial charge on any atom is 0.325 e. The number of aliphatic imine (C=N–C) groups is 1. The number of nitrogens with one attached hydrogen (secondary N) is 4. The molecule has 3 aromatic rings. The third-order valence-corrected chi connectivity index (χ3v) is 4.87. The number of halogens is 1. The van der Waals surface area contributed by atoms with Crippen LogP contribution in [0.3, 0.4) is 0 Å². The topological polar surface area (TPSA) is 119 Å². The Bertz CT molecular complexity index is 1270. The van der Waals surface area contributed by atoms with Crippen molar-refractivity contribution in [1.29, 1.82) is 0 Å². The molecular formula is C24H26FN5O3. The van der Waals surface area contributed by atoms with E-state index in [2.05, 4.69) is 46.4 Å². The van der Waals surface area contributed by atoms with Crippen LogP contribution < -0.4 is 21.9 Å². The highest BCUT2D eigenvalue weighted by molar-refractivity contribution is 6.10. The summed E-state index contributed by atoms with van der Waals surface area (Å²) >= 11 is 0. The molecule has 8 nitrogen and oxygen atoms in total. The number of hydrogen-bond donors (Lipinski definition) is 4. The molecule has 0 aliphatic heterocycles. The van der Waals surface area contributed by atoms with Gasteiger partial charge in [0.25, 0.3) is 11.5 Å². The van der Waals surface area contributed by atoms with Crippen LogP contribution in [0.1, 0.15) is 42.3 Å². The first-order valence-electron chi connectivity index (χ1n) is 10.4. The van der Waals surface area contributed by atoms with Crippen LogP contribution in [0.4, 0.5) is 10.1 Å². The van der Waals surface area contributed by atoms with E-state index in [9.17, 15) is 18.8 Å². The Hall–Kier alpha value is -4.01. The van der Waals surface area contributed by atoms with Gasteiger partial charge in [-0.15, -0.1) is 0 Å². The Kier molecular flexibility index (Phi) is 7.22. The molecule has 0 aliphatic carbocycles. The number of benzene rings is 2. The van der Waals surface area contributed by atoms with Crippen molar-refractivity contribution in [3.05, 3.63) is 98.1 Å². The van der Waals surface area contributed by atoms with Gasteiger partial charge in [0.1, 0.15) is 5.82 Å². The molecule has 1 amide bonds. The van der Waals surface area contributed by atoms with Crippen molar-refractivity contribution in [3.8, 4) is 0 Å². The van der Waals surface area contributed by atoms with E-state index in [1.807, 2.05) is 24.3 Å². The molecule has 0 unspecified atom stereocenters. The van der Waals surface area contributed by atoms with Gasteiger partial charge in [0.15, 0.2) is 0 Å². The minimum absolute atomic E-state index is 0.166. The van der Waals surface area contributed by atoms with E-state index in [4.69, 9.17) is 0 Å². The lowest BCUT2D eigenvalue weighted by atomic mass is 9.86. The number of carbonyl (C=O) groups is 1. The number of rotatable bonds is 5. The summed E-state index contributed by atoms with van der Waals surface area (Å²) in [5.74, 6) is -0.720. The molecule has 0 radical (unpaired) electrons. The lowest BCUT2D eigenvalue weighted by molar-refractivity contribution is 0.0977. The van der Waals surface area contributed by atoms with Crippen molar-refractivity contribution in [2.24, 2.45) is 4.99 Å². The third kappa shape index (κ3) is 6.49. The van der Waals surface area contributed by atoms with Crippen molar-refractivity contribution < 1.29 is 9.18 Å². The van der Waals surface area contributed by atoms with Crippen LogP contribution in [0, 0.1) is 5.82 Å². The second-order valence-electron chi connectivity index (χ2n) is 8.46. The fraction of sp³-hybridized carbons (Fsp3) is 0.250. The zero-order valence-corrected chi connectivity index (χ0v) is 18.7. The standard InChI is InChI=1S/C24H26FN5O3/c1-24(2,3)18-6-4-5-7-19(18)28-22(29-20(31)15-8-10-17(25)11-9-15)26-13-12-16-14-27-23(33)30-21(16)32/h4-11,14H,12-13H2,1-3H3,(H2,26,28,29,31)(H2,27,30,32,33). The van der Waals surface area contributed by atoms with Crippen LogP contribution in [0.15, 0.2) is 69.3 Å². The zero-order valence-electron chi connectivity index (χ0n) is 18.7. The van der Waals surface area contributed by atoms with Gasteiger partial charge in [-0.3, -0.25) is 24.9 Å². The smallest absolute Gasteiger partial charge is 0.325 e. The predicted octanol–water partition coefficient (Wildman–Crippen LogP) is 2.94. The normalized spacial score (nSPS) is 11.8. The summed E-state index contributed by atoms with van der Waals surface area (Å²) in [6.45, 7) is 6.39. The van der Waals surface area contributed by atoms with Gasteiger partial charge in [0, 0.05) is 29.6 Å². The number of nitrogens with zero attached hydrogens (tertiary/aromatic N) is 1. The second-order valence-corrected chi connectivity index (χ2v) is 8.46. The summed E-state index contributed by atoms with van der Waals surface area (Å²) in [6, 6.07) is 12.8. The highest BCUT2D eigenvalue weighted by atomic mass is 19.1. The van der Waals surface area contributed by atoms with Crippen molar-refractivity contribution in [2.75, 3.05) is 11.9 Å². The first-order valence-corrected chi connectivity index (χ1v) is 10.4. The van der Waals surface area contributed by atoms with Gasteiger partial charge in [0.05, 0.1) is 0 Å². The van der Waals surface area contributed by atoms with E-state index in [-0.39, 0.29) is 29.9 Å². The number of amides is 1. The fourth-order valence-corrected chi connectivity index (χ4v) is 3.18. The van der Waals surface area contributed by atoms with Crippen molar-refractivity contribution in [1.82, 2.24) is 15.3 Å². The van der Waals surface area contributed by atoms with Crippen molar-refractivity contribution in [2.45, 2.75) is 32.6 Å². The summed E-state index contributed by atoms with van der Waals surface area (Å²) < 4.78 is 13.2. The fourth-order valence-electron chi connectivity index (χ4n) is 3.18. The minimum Gasteiger partial charge on any atom is -0.326 e. The number of carbonyl (C=O) groups excluding carboxylic acids is 1. The molecule has 2 aromatic carbocycles. The maximum atomic E-state index is 13.2. The van der Waals surface area contributed by atoms with Gasteiger partial charge in [-0.05, 0) is 47.7 Å². The first-order chi connectivity index (χ1) is 15.6. The molecule has 9 heteroatoms. The van der Waals surface area contributed by atoms with Crippen LogP contribution in [-0.4, -0.2) is 28.4 Å².